The number of halogens is 10. The van der Waals surface area contributed by atoms with Gasteiger partial charge in [0.05, 0.1) is 19.7 Å². The first kappa shape index (κ1) is 31.4. The van der Waals surface area contributed by atoms with Crippen molar-refractivity contribution in [1.29, 1.82) is 0 Å². The van der Waals surface area contributed by atoms with Crippen LogP contribution in [0.25, 0.3) is 0 Å². The Labute approximate surface area is 212 Å². The van der Waals surface area contributed by atoms with Crippen molar-refractivity contribution >= 4 is 53.0 Å². The molecule has 0 unspecified atom stereocenters. The Kier molecular flexibility index (Phi) is 8.04. The second-order valence-electron chi connectivity index (χ2n) is 6.70. The van der Waals surface area contributed by atoms with Gasteiger partial charge < -0.3 is 0 Å². The van der Waals surface area contributed by atoms with Crippen LogP contribution in [-0.4, -0.2) is 52.5 Å². The van der Waals surface area contributed by atoms with E-state index in [1.165, 1.54) is 0 Å². The monoisotopic (exact) mass is 646 g/mol. The first-order valence-electron chi connectivity index (χ1n) is 8.56. The van der Waals surface area contributed by atoms with Crippen LogP contribution in [0.1, 0.15) is 0 Å². The largest absolute Gasteiger partial charge is 0.460 e. The first-order chi connectivity index (χ1) is 16.3. The van der Waals surface area contributed by atoms with Gasteiger partial charge in [-0.2, -0.15) is 43.5 Å². The zero-order valence-electron chi connectivity index (χ0n) is 16.9. The van der Waals surface area contributed by atoms with E-state index >= 15 is 0 Å². The highest BCUT2D eigenvalue weighted by atomic mass is 35.5. The predicted octanol–water partition coefficient (Wildman–Crippen LogP) is 4.88. The van der Waals surface area contributed by atoms with Crippen molar-refractivity contribution in [2.24, 2.45) is 0 Å². The third-order valence-electron chi connectivity index (χ3n) is 4.22. The number of sulfone groups is 2. The summed E-state index contributed by atoms with van der Waals surface area (Å²) in [4.78, 5) is -3.24. The van der Waals surface area contributed by atoms with Crippen molar-refractivity contribution in [3.8, 4) is 0 Å². The molecule has 0 bridgehead atoms. The van der Waals surface area contributed by atoms with Crippen LogP contribution in [0.15, 0.2) is 57.2 Å². The number of hydrogen-bond acceptors (Lipinski definition) is 7. The standard InChI is InChI=1S/C16H8Cl2F8O8S3/c17-8-1-6-12(11(18)7-8)35(27,28)9-2-4-10(5-3-9)36(29,30)15(23,24)13(19,20)34-14(21,22)16(25,26)37(31,32)33/h1-7H,(H,31,32,33). The van der Waals surface area contributed by atoms with Crippen LogP contribution in [-0.2, 0) is 34.5 Å². The Balaban J connectivity index is 2.50. The molecule has 1 N–H and O–H groups in total. The predicted molar refractivity (Wildman–Crippen MR) is 108 cm³/mol. The summed E-state index contributed by atoms with van der Waals surface area (Å²) in [5, 5.41) is -14.1. The molecule has 0 saturated carbocycles. The molecule has 0 aliphatic carbocycles. The van der Waals surface area contributed by atoms with Gasteiger partial charge in [-0.25, -0.2) is 21.6 Å². The molecular formula is C16H8Cl2F8O8S3. The Morgan fingerprint density at radius 1 is 0.676 bits per heavy atom. The molecule has 0 amide bonds. The number of ether oxygens (including phenoxy) is 1. The molecular weight excluding hydrogens is 639 g/mol. The summed E-state index contributed by atoms with van der Waals surface area (Å²) in [6, 6.07) is 3.70. The SMILES string of the molecule is O=S(=O)(c1ccc(S(=O)(=O)C(F)(F)C(F)(F)OC(F)(F)C(F)(F)S(=O)(=O)O)cc1)c1ccc(Cl)cc1Cl. The van der Waals surface area contributed by atoms with Crippen LogP contribution in [0.3, 0.4) is 0 Å². The fraction of sp³-hybridized carbons (Fsp3) is 0.250. The summed E-state index contributed by atoms with van der Waals surface area (Å²) >= 11 is 11.4. The molecule has 21 heteroatoms. The molecule has 0 aliphatic heterocycles. The third kappa shape index (κ3) is 5.39. The van der Waals surface area contributed by atoms with Crippen molar-refractivity contribution in [2.45, 2.75) is 37.4 Å². The number of benzene rings is 2. The molecule has 2 rings (SSSR count). The van der Waals surface area contributed by atoms with Crippen molar-refractivity contribution in [3.05, 3.63) is 52.5 Å². The summed E-state index contributed by atoms with van der Waals surface area (Å²) in [6.45, 7) is 0. The highest BCUT2D eigenvalue weighted by Crippen LogP contribution is 2.49. The van der Waals surface area contributed by atoms with Crippen LogP contribution in [0.2, 0.25) is 10.0 Å². The molecule has 0 saturated heterocycles. The smallest absolute Gasteiger partial charge is 0.281 e. The minimum atomic E-state index is -7.22. The summed E-state index contributed by atoms with van der Waals surface area (Å²) in [5.41, 5.74) is 0. The van der Waals surface area contributed by atoms with Crippen molar-refractivity contribution in [2.75, 3.05) is 0 Å². The molecule has 0 radical (unpaired) electrons. The maximum atomic E-state index is 14.2. The van der Waals surface area contributed by atoms with E-state index in [1.807, 2.05) is 4.74 Å². The second-order valence-corrected chi connectivity index (χ2v) is 12.9. The second kappa shape index (κ2) is 9.45. The summed E-state index contributed by atoms with van der Waals surface area (Å²) in [7, 11) is -18.6. The number of hydrogen-bond donors (Lipinski definition) is 1. The summed E-state index contributed by atoms with van der Waals surface area (Å²) in [6.07, 6.45) is -14.1. The van der Waals surface area contributed by atoms with E-state index < -0.39 is 72.2 Å². The van der Waals surface area contributed by atoms with Crippen LogP contribution in [0.4, 0.5) is 35.1 Å². The lowest BCUT2D eigenvalue weighted by Crippen LogP contribution is -2.57. The van der Waals surface area contributed by atoms with E-state index in [9.17, 15) is 60.4 Å². The molecule has 0 spiro atoms. The zero-order chi connectivity index (χ0) is 29.0. The molecule has 37 heavy (non-hydrogen) atoms. The molecule has 8 nitrogen and oxygen atoms in total. The van der Waals surface area contributed by atoms with Crippen molar-refractivity contribution in [3.63, 3.8) is 0 Å². The summed E-state index contributed by atoms with van der Waals surface area (Å²) < 4.78 is 189. The zero-order valence-corrected chi connectivity index (χ0v) is 20.8. The number of alkyl halides is 8. The topological polar surface area (TPSA) is 132 Å². The molecule has 2 aromatic carbocycles. The lowest BCUT2D eigenvalue weighted by atomic mass is 10.4. The van der Waals surface area contributed by atoms with Crippen molar-refractivity contribution in [1.82, 2.24) is 0 Å². The lowest BCUT2D eigenvalue weighted by Gasteiger charge is -2.31. The van der Waals surface area contributed by atoms with E-state index in [0.717, 1.165) is 18.2 Å². The van der Waals surface area contributed by atoms with Gasteiger partial charge in [-0.3, -0.25) is 4.55 Å². The van der Waals surface area contributed by atoms with E-state index in [1.54, 1.807) is 0 Å². The van der Waals surface area contributed by atoms with Gasteiger partial charge in [-0.05, 0) is 42.5 Å². The van der Waals surface area contributed by atoms with Gasteiger partial charge >= 0.3 is 32.8 Å². The Morgan fingerprint density at radius 3 is 1.54 bits per heavy atom. The molecule has 0 aromatic heterocycles. The van der Waals surface area contributed by atoms with Crippen LogP contribution < -0.4 is 0 Å². The average Bonchev–Trinajstić information content (AvgIpc) is 2.71. The fourth-order valence-corrected chi connectivity index (χ4v) is 5.86. The molecule has 0 heterocycles. The van der Waals surface area contributed by atoms with Crippen molar-refractivity contribution < 1.29 is 69.7 Å². The minimum Gasteiger partial charge on any atom is -0.281 e. The third-order valence-corrected chi connectivity index (χ3v) is 9.40. The maximum absolute atomic E-state index is 14.2. The van der Waals surface area contributed by atoms with Crippen LogP contribution in [0.5, 0.6) is 0 Å². The quantitative estimate of drug-likeness (QED) is 0.301. The Bertz CT molecular complexity index is 1530. The summed E-state index contributed by atoms with van der Waals surface area (Å²) in [5.74, 6) is 0. The lowest BCUT2D eigenvalue weighted by molar-refractivity contribution is -0.442. The van der Waals surface area contributed by atoms with Crippen LogP contribution in [0, 0.1) is 0 Å². The average molecular weight is 647 g/mol. The van der Waals surface area contributed by atoms with Gasteiger partial charge in [0.15, 0.2) is 0 Å². The van der Waals surface area contributed by atoms with Gasteiger partial charge in [0.1, 0.15) is 0 Å². The minimum absolute atomic E-state index is 0.00991. The molecule has 2 aromatic rings. The van der Waals surface area contributed by atoms with Crippen LogP contribution >= 0.6 is 23.2 Å². The Hall–Kier alpha value is -1.77. The molecule has 0 fully saturated rings. The van der Waals surface area contributed by atoms with Gasteiger partial charge in [-0.15, -0.1) is 0 Å². The maximum Gasteiger partial charge on any atom is 0.460 e. The first-order valence-corrected chi connectivity index (χ1v) is 13.7. The van der Waals surface area contributed by atoms with E-state index in [2.05, 4.69) is 0 Å². The molecule has 0 aliphatic rings. The van der Waals surface area contributed by atoms with Gasteiger partial charge in [0.25, 0.3) is 9.84 Å². The fourth-order valence-electron chi connectivity index (χ4n) is 2.35. The molecule has 0 atom stereocenters. The van der Waals surface area contributed by atoms with Gasteiger partial charge in [-0.1, -0.05) is 23.2 Å². The normalized spacial score (nSPS) is 14.6. The van der Waals surface area contributed by atoms with Gasteiger partial charge in [0, 0.05) is 5.02 Å². The Morgan fingerprint density at radius 2 is 1.11 bits per heavy atom. The van der Waals surface area contributed by atoms with E-state index in [-0.39, 0.29) is 17.2 Å². The van der Waals surface area contributed by atoms with E-state index in [4.69, 9.17) is 27.8 Å². The van der Waals surface area contributed by atoms with E-state index in [0.29, 0.717) is 12.1 Å². The number of rotatable bonds is 9. The highest BCUT2D eigenvalue weighted by Gasteiger charge is 2.77. The highest BCUT2D eigenvalue weighted by molar-refractivity contribution is 7.92. The molecule has 208 valence electrons. The van der Waals surface area contributed by atoms with Gasteiger partial charge in [0.2, 0.25) is 9.84 Å².